The zero-order valence-electron chi connectivity index (χ0n) is 16.7. The van der Waals surface area contributed by atoms with E-state index >= 15 is 0 Å². The first kappa shape index (κ1) is 19.9. The molecule has 0 radical (unpaired) electrons. The number of nitrogens with one attached hydrogen (secondary N) is 1. The quantitative estimate of drug-likeness (QED) is 0.836. The lowest BCUT2D eigenvalue weighted by Crippen LogP contribution is -2.45. The van der Waals surface area contributed by atoms with Gasteiger partial charge in [0.15, 0.2) is 0 Å². The molecule has 0 aromatic heterocycles. The zero-order chi connectivity index (χ0) is 19.9. The topological polar surface area (TPSA) is 52.7 Å². The van der Waals surface area contributed by atoms with Crippen molar-refractivity contribution in [2.24, 2.45) is 0 Å². The van der Waals surface area contributed by atoms with Crippen LogP contribution in [-0.4, -0.2) is 42.9 Å². The van der Waals surface area contributed by atoms with Gasteiger partial charge in [-0.1, -0.05) is 49.4 Å². The number of hydrogen-bond donors (Lipinski definition) is 1. The molecule has 0 atom stereocenters. The van der Waals surface area contributed by atoms with Crippen LogP contribution in [0.15, 0.2) is 54.6 Å². The third-order valence-corrected chi connectivity index (χ3v) is 5.27. The first-order chi connectivity index (χ1) is 13.6. The summed E-state index contributed by atoms with van der Waals surface area (Å²) in [7, 11) is 1.85. The van der Waals surface area contributed by atoms with Crippen molar-refractivity contribution in [3.05, 3.63) is 65.7 Å². The standard InChI is InChI=1S/C23H29N3O2/c1-3-22(27)24-19-13-15-26(16-14-19)21-12-8-7-11-20(21)23(28)25(2)17-18-9-5-4-6-10-18/h4-12,19H,3,13-17H2,1-2H3,(H,24,27). The number of carbonyl (C=O) groups is 2. The number of anilines is 1. The highest BCUT2D eigenvalue weighted by atomic mass is 16.2. The fourth-order valence-electron chi connectivity index (χ4n) is 3.66. The molecule has 1 heterocycles. The van der Waals surface area contributed by atoms with Gasteiger partial charge in [-0.05, 0) is 30.5 Å². The molecule has 1 fully saturated rings. The normalized spacial score (nSPS) is 14.6. The summed E-state index contributed by atoms with van der Waals surface area (Å²) < 4.78 is 0. The van der Waals surface area contributed by atoms with Crippen LogP contribution in [0.2, 0.25) is 0 Å². The number of hydrogen-bond acceptors (Lipinski definition) is 3. The van der Waals surface area contributed by atoms with Crippen molar-refractivity contribution in [1.29, 1.82) is 0 Å². The molecule has 1 aliphatic rings. The second kappa shape index (κ2) is 9.40. The van der Waals surface area contributed by atoms with Gasteiger partial charge in [-0.2, -0.15) is 0 Å². The summed E-state index contributed by atoms with van der Waals surface area (Å²) in [6.07, 6.45) is 2.31. The number of amides is 2. The van der Waals surface area contributed by atoms with Crippen LogP contribution in [0.3, 0.4) is 0 Å². The Bertz CT molecular complexity index is 799. The van der Waals surface area contributed by atoms with Crippen LogP contribution in [0.1, 0.15) is 42.1 Å². The van der Waals surface area contributed by atoms with Gasteiger partial charge in [0.25, 0.3) is 5.91 Å². The Kier molecular flexibility index (Phi) is 6.69. The molecule has 5 heteroatoms. The number of rotatable bonds is 6. The lowest BCUT2D eigenvalue weighted by atomic mass is 10.0. The molecular formula is C23H29N3O2. The summed E-state index contributed by atoms with van der Waals surface area (Å²) in [5.41, 5.74) is 2.83. The van der Waals surface area contributed by atoms with Gasteiger partial charge in [-0.15, -0.1) is 0 Å². The molecule has 0 bridgehead atoms. The Labute approximate surface area is 167 Å². The predicted octanol–water partition coefficient (Wildman–Crippen LogP) is 3.45. The van der Waals surface area contributed by atoms with E-state index in [4.69, 9.17) is 0 Å². The molecule has 2 amide bonds. The Morgan fingerprint density at radius 3 is 2.36 bits per heavy atom. The SMILES string of the molecule is CCC(=O)NC1CCN(c2ccccc2C(=O)N(C)Cc2ccccc2)CC1. The molecule has 28 heavy (non-hydrogen) atoms. The van der Waals surface area contributed by atoms with Crippen molar-refractivity contribution in [1.82, 2.24) is 10.2 Å². The van der Waals surface area contributed by atoms with Gasteiger partial charge in [0.2, 0.25) is 5.91 Å². The molecule has 2 aromatic rings. The van der Waals surface area contributed by atoms with Crippen LogP contribution in [0.5, 0.6) is 0 Å². The number of para-hydroxylation sites is 1. The van der Waals surface area contributed by atoms with Gasteiger partial charge in [-0.25, -0.2) is 0 Å². The highest BCUT2D eigenvalue weighted by molar-refractivity contribution is 5.99. The van der Waals surface area contributed by atoms with Gasteiger partial charge in [0.05, 0.1) is 5.56 Å². The average Bonchev–Trinajstić information content (AvgIpc) is 2.74. The molecule has 1 N–H and O–H groups in total. The van der Waals surface area contributed by atoms with Gasteiger partial charge in [0.1, 0.15) is 0 Å². The summed E-state index contributed by atoms with van der Waals surface area (Å²) in [5.74, 6) is 0.137. The van der Waals surface area contributed by atoms with Gasteiger partial charge < -0.3 is 15.1 Å². The number of piperidine rings is 1. The van der Waals surface area contributed by atoms with E-state index in [2.05, 4.69) is 10.2 Å². The fourth-order valence-corrected chi connectivity index (χ4v) is 3.66. The van der Waals surface area contributed by atoms with Gasteiger partial charge >= 0.3 is 0 Å². The van der Waals surface area contributed by atoms with Crippen molar-refractivity contribution >= 4 is 17.5 Å². The van der Waals surface area contributed by atoms with Crippen LogP contribution in [0.25, 0.3) is 0 Å². The Morgan fingerprint density at radius 1 is 1.04 bits per heavy atom. The fraction of sp³-hybridized carbons (Fsp3) is 0.391. The summed E-state index contributed by atoms with van der Waals surface area (Å²) in [5, 5.41) is 3.08. The monoisotopic (exact) mass is 379 g/mol. The minimum atomic E-state index is 0.0286. The van der Waals surface area contributed by atoms with Crippen molar-refractivity contribution < 1.29 is 9.59 Å². The van der Waals surface area contributed by atoms with Crippen molar-refractivity contribution in [2.45, 2.75) is 38.8 Å². The largest absolute Gasteiger partial charge is 0.371 e. The highest BCUT2D eigenvalue weighted by Gasteiger charge is 2.24. The first-order valence-corrected chi connectivity index (χ1v) is 10.0. The second-order valence-electron chi connectivity index (χ2n) is 7.35. The predicted molar refractivity (Wildman–Crippen MR) is 112 cm³/mol. The van der Waals surface area contributed by atoms with Crippen molar-refractivity contribution in [2.75, 3.05) is 25.0 Å². The smallest absolute Gasteiger partial charge is 0.256 e. The molecule has 3 rings (SSSR count). The van der Waals surface area contributed by atoms with Crippen LogP contribution in [0, 0.1) is 0 Å². The lowest BCUT2D eigenvalue weighted by molar-refractivity contribution is -0.121. The van der Waals surface area contributed by atoms with Crippen molar-refractivity contribution in [3.8, 4) is 0 Å². The maximum Gasteiger partial charge on any atom is 0.256 e. The summed E-state index contributed by atoms with van der Waals surface area (Å²) in [6.45, 7) is 4.13. The second-order valence-corrected chi connectivity index (χ2v) is 7.35. The van der Waals surface area contributed by atoms with Gasteiger partial charge in [-0.3, -0.25) is 9.59 Å². The van der Waals surface area contributed by atoms with Crippen LogP contribution in [0.4, 0.5) is 5.69 Å². The molecule has 0 aliphatic carbocycles. The molecule has 2 aromatic carbocycles. The number of carbonyl (C=O) groups excluding carboxylic acids is 2. The van der Waals surface area contributed by atoms with E-state index in [9.17, 15) is 9.59 Å². The maximum atomic E-state index is 13.1. The molecule has 5 nitrogen and oxygen atoms in total. The van der Waals surface area contributed by atoms with Crippen molar-refractivity contribution in [3.63, 3.8) is 0 Å². The minimum Gasteiger partial charge on any atom is -0.371 e. The van der Waals surface area contributed by atoms with Crippen LogP contribution in [-0.2, 0) is 11.3 Å². The summed E-state index contributed by atoms with van der Waals surface area (Å²) in [6, 6.07) is 18.1. The minimum absolute atomic E-state index is 0.0286. The van der Waals surface area contributed by atoms with E-state index < -0.39 is 0 Å². The molecule has 148 valence electrons. The Morgan fingerprint density at radius 2 is 1.68 bits per heavy atom. The highest BCUT2D eigenvalue weighted by Crippen LogP contribution is 2.25. The van der Waals surface area contributed by atoms with Crippen LogP contribution < -0.4 is 10.2 Å². The number of benzene rings is 2. The summed E-state index contributed by atoms with van der Waals surface area (Å²) >= 11 is 0. The lowest BCUT2D eigenvalue weighted by Gasteiger charge is -2.35. The molecule has 1 saturated heterocycles. The Balaban J connectivity index is 1.68. The van der Waals surface area contributed by atoms with E-state index in [0.717, 1.165) is 42.7 Å². The van der Waals surface area contributed by atoms with E-state index in [0.29, 0.717) is 13.0 Å². The third-order valence-electron chi connectivity index (χ3n) is 5.27. The zero-order valence-corrected chi connectivity index (χ0v) is 16.7. The third kappa shape index (κ3) is 4.91. The molecule has 1 aliphatic heterocycles. The van der Waals surface area contributed by atoms with Gasteiger partial charge in [0, 0.05) is 44.8 Å². The molecule has 0 spiro atoms. The van der Waals surface area contributed by atoms with E-state index in [-0.39, 0.29) is 17.9 Å². The first-order valence-electron chi connectivity index (χ1n) is 10.0. The van der Waals surface area contributed by atoms with E-state index in [1.165, 1.54) is 0 Å². The molecular weight excluding hydrogens is 350 g/mol. The number of nitrogens with zero attached hydrogens (tertiary/aromatic N) is 2. The molecule has 0 saturated carbocycles. The maximum absolute atomic E-state index is 13.1. The molecule has 0 unspecified atom stereocenters. The summed E-state index contributed by atoms with van der Waals surface area (Å²) in [4.78, 5) is 28.8. The van der Waals surface area contributed by atoms with Crippen LogP contribution >= 0.6 is 0 Å². The average molecular weight is 380 g/mol. The van der Waals surface area contributed by atoms with E-state index in [1.807, 2.05) is 68.6 Å². The van der Waals surface area contributed by atoms with E-state index in [1.54, 1.807) is 4.90 Å². The Hall–Kier alpha value is -2.82.